The molecule has 0 radical (unpaired) electrons. The molecule has 0 unspecified atom stereocenters. The number of nitrogens with one attached hydrogen (secondary N) is 1. The van der Waals surface area contributed by atoms with Crippen LogP contribution in [0, 0.1) is 6.92 Å². The van der Waals surface area contributed by atoms with Gasteiger partial charge in [-0.25, -0.2) is 4.99 Å². The first-order valence-corrected chi connectivity index (χ1v) is 5.62. The average Bonchev–Trinajstić information content (AvgIpc) is 2.33. The molecule has 4 heteroatoms. The Morgan fingerprint density at radius 1 is 1.25 bits per heavy atom. The molecule has 0 atom stereocenters. The number of benzene rings is 1. The molecule has 1 aliphatic rings. The summed E-state index contributed by atoms with van der Waals surface area (Å²) < 4.78 is 0. The number of nitrogens with two attached hydrogens (primary N) is 1. The summed E-state index contributed by atoms with van der Waals surface area (Å²) in [5.41, 5.74) is 8.12. The molecule has 1 heterocycles. The standard InChI is InChI=1S/C12H18N4/c1-10-2-4-11(5-3-10)15-12(13)16-8-6-14-7-9-16/h2-5,14H,6-9H2,1H3,(H2,13,15). The van der Waals surface area contributed by atoms with Gasteiger partial charge in [0.1, 0.15) is 0 Å². The van der Waals surface area contributed by atoms with Gasteiger partial charge in [-0.15, -0.1) is 0 Å². The normalized spacial score (nSPS) is 17.6. The van der Waals surface area contributed by atoms with Gasteiger partial charge < -0.3 is 16.0 Å². The van der Waals surface area contributed by atoms with Gasteiger partial charge in [0.15, 0.2) is 5.96 Å². The molecule has 16 heavy (non-hydrogen) atoms. The Balaban J connectivity index is 2.07. The van der Waals surface area contributed by atoms with Gasteiger partial charge in [-0.3, -0.25) is 0 Å². The second-order valence-corrected chi connectivity index (χ2v) is 4.04. The second-order valence-electron chi connectivity index (χ2n) is 4.04. The van der Waals surface area contributed by atoms with E-state index in [1.807, 2.05) is 24.3 Å². The van der Waals surface area contributed by atoms with Crippen LogP contribution in [0.15, 0.2) is 29.3 Å². The van der Waals surface area contributed by atoms with Crippen molar-refractivity contribution < 1.29 is 0 Å². The van der Waals surface area contributed by atoms with E-state index in [1.54, 1.807) is 0 Å². The molecule has 1 fully saturated rings. The van der Waals surface area contributed by atoms with Crippen LogP contribution >= 0.6 is 0 Å². The van der Waals surface area contributed by atoms with E-state index in [-0.39, 0.29) is 0 Å². The van der Waals surface area contributed by atoms with E-state index in [4.69, 9.17) is 5.73 Å². The van der Waals surface area contributed by atoms with Crippen molar-refractivity contribution in [1.82, 2.24) is 10.2 Å². The van der Waals surface area contributed by atoms with Crippen LogP contribution in [0.3, 0.4) is 0 Å². The van der Waals surface area contributed by atoms with Crippen molar-refractivity contribution in [2.45, 2.75) is 6.92 Å². The fourth-order valence-electron chi connectivity index (χ4n) is 1.72. The Hall–Kier alpha value is -1.55. The molecule has 0 aromatic heterocycles. The van der Waals surface area contributed by atoms with Crippen molar-refractivity contribution in [2.24, 2.45) is 10.7 Å². The first kappa shape index (κ1) is 11.0. The highest BCUT2D eigenvalue weighted by Crippen LogP contribution is 2.12. The van der Waals surface area contributed by atoms with E-state index in [1.165, 1.54) is 5.56 Å². The van der Waals surface area contributed by atoms with E-state index in [2.05, 4.69) is 22.1 Å². The molecule has 4 nitrogen and oxygen atoms in total. The Morgan fingerprint density at radius 2 is 1.88 bits per heavy atom. The molecule has 1 aromatic carbocycles. The Bertz CT molecular complexity index is 363. The minimum atomic E-state index is 0.616. The van der Waals surface area contributed by atoms with E-state index < -0.39 is 0 Å². The van der Waals surface area contributed by atoms with Crippen molar-refractivity contribution in [2.75, 3.05) is 26.2 Å². The molecule has 86 valence electrons. The molecular formula is C12H18N4. The van der Waals surface area contributed by atoms with Crippen molar-refractivity contribution in [3.8, 4) is 0 Å². The third-order valence-corrected chi connectivity index (χ3v) is 2.72. The smallest absolute Gasteiger partial charge is 0.196 e. The Morgan fingerprint density at radius 3 is 2.50 bits per heavy atom. The third kappa shape index (κ3) is 2.73. The zero-order valence-electron chi connectivity index (χ0n) is 9.61. The molecule has 2 rings (SSSR count). The van der Waals surface area contributed by atoms with E-state index in [0.29, 0.717) is 5.96 Å². The molecular weight excluding hydrogens is 200 g/mol. The SMILES string of the molecule is Cc1ccc(N=C(N)N2CCNCC2)cc1. The molecule has 0 spiro atoms. The van der Waals surface area contributed by atoms with Gasteiger partial charge in [0.25, 0.3) is 0 Å². The third-order valence-electron chi connectivity index (χ3n) is 2.72. The van der Waals surface area contributed by atoms with Crippen LogP contribution in [0.25, 0.3) is 0 Å². The predicted octanol–water partition coefficient (Wildman–Crippen LogP) is 0.846. The zero-order valence-corrected chi connectivity index (χ0v) is 9.61. The molecule has 1 saturated heterocycles. The highest BCUT2D eigenvalue weighted by Gasteiger charge is 2.11. The fraction of sp³-hybridized carbons (Fsp3) is 0.417. The summed E-state index contributed by atoms with van der Waals surface area (Å²) in [5.74, 6) is 0.616. The van der Waals surface area contributed by atoms with Gasteiger partial charge in [-0.1, -0.05) is 17.7 Å². The lowest BCUT2D eigenvalue weighted by Gasteiger charge is -2.28. The summed E-state index contributed by atoms with van der Waals surface area (Å²) in [4.78, 5) is 6.52. The monoisotopic (exact) mass is 218 g/mol. The Labute approximate surface area is 96.2 Å². The number of rotatable bonds is 1. The van der Waals surface area contributed by atoms with E-state index in [9.17, 15) is 0 Å². The fourth-order valence-corrected chi connectivity index (χ4v) is 1.72. The summed E-state index contributed by atoms with van der Waals surface area (Å²) in [6.45, 7) is 5.88. The molecule has 0 amide bonds. The quantitative estimate of drug-likeness (QED) is 0.542. The van der Waals surface area contributed by atoms with Gasteiger partial charge in [0.2, 0.25) is 0 Å². The number of aliphatic imine (C=N–C) groups is 1. The predicted molar refractivity (Wildman–Crippen MR) is 66.9 cm³/mol. The lowest BCUT2D eigenvalue weighted by molar-refractivity contribution is 0.354. The van der Waals surface area contributed by atoms with Gasteiger partial charge in [-0.05, 0) is 19.1 Å². The summed E-state index contributed by atoms with van der Waals surface area (Å²) >= 11 is 0. The van der Waals surface area contributed by atoms with Crippen LogP contribution in [-0.4, -0.2) is 37.0 Å². The summed E-state index contributed by atoms with van der Waals surface area (Å²) in [6.07, 6.45) is 0. The van der Waals surface area contributed by atoms with Gasteiger partial charge in [0.05, 0.1) is 5.69 Å². The summed E-state index contributed by atoms with van der Waals surface area (Å²) in [6, 6.07) is 8.07. The van der Waals surface area contributed by atoms with Gasteiger partial charge >= 0.3 is 0 Å². The second kappa shape index (κ2) is 4.99. The topological polar surface area (TPSA) is 53.6 Å². The highest BCUT2D eigenvalue weighted by atomic mass is 15.3. The maximum absolute atomic E-state index is 5.97. The van der Waals surface area contributed by atoms with Crippen molar-refractivity contribution in [1.29, 1.82) is 0 Å². The summed E-state index contributed by atoms with van der Waals surface area (Å²) in [5, 5.41) is 3.29. The minimum absolute atomic E-state index is 0.616. The van der Waals surface area contributed by atoms with Crippen LogP contribution in [0.2, 0.25) is 0 Å². The van der Waals surface area contributed by atoms with Crippen LogP contribution in [0.5, 0.6) is 0 Å². The Kier molecular flexibility index (Phi) is 3.41. The molecule has 1 aliphatic heterocycles. The van der Waals surface area contributed by atoms with Crippen LogP contribution < -0.4 is 11.1 Å². The number of guanidine groups is 1. The van der Waals surface area contributed by atoms with Crippen LogP contribution in [0.1, 0.15) is 5.56 Å². The maximum atomic E-state index is 5.97. The number of aryl methyl sites for hydroxylation is 1. The lowest BCUT2D eigenvalue weighted by atomic mass is 10.2. The van der Waals surface area contributed by atoms with Crippen molar-refractivity contribution in [3.63, 3.8) is 0 Å². The average molecular weight is 218 g/mol. The van der Waals surface area contributed by atoms with Gasteiger partial charge in [0, 0.05) is 26.2 Å². The minimum Gasteiger partial charge on any atom is -0.369 e. The highest BCUT2D eigenvalue weighted by molar-refractivity contribution is 5.81. The van der Waals surface area contributed by atoms with Crippen molar-refractivity contribution >= 4 is 11.6 Å². The number of nitrogens with zero attached hydrogens (tertiary/aromatic N) is 2. The zero-order chi connectivity index (χ0) is 11.4. The summed E-state index contributed by atoms with van der Waals surface area (Å²) in [7, 11) is 0. The van der Waals surface area contributed by atoms with E-state index >= 15 is 0 Å². The van der Waals surface area contributed by atoms with Crippen LogP contribution in [-0.2, 0) is 0 Å². The molecule has 0 bridgehead atoms. The van der Waals surface area contributed by atoms with Crippen molar-refractivity contribution in [3.05, 3.63) is 29.8 Å². The van der Waals surface area contributed by atoms with Crippen LogP contribution in [0.4, 0.5) is 5.69 Å². The molecule has 0 saturated carbocycles. The number of hydrogen-bond acceptors (Lipinski definition) is 2. The maximum Gasteiger partial charge on any atom is 0.196 e. The van der Waals surface area contributed by atoms with E-state index in [0.717, 1.165) is 31.9 Å². The first-order valence-electron chi connectivity index (χ1n) is 5.62. The number of hydrogen-bond donors (Lipinski definition) is 2. The molecule has 0 aliphatic carbocycles. The molecule has 1 aromatic rings. The first-order chi connectivity index (χ1) is 7.75. The lowest BCUT2D eigenvalue weighted by Crippen LogP contribution is -2.49. The van der Waals surface area contributed by atoms with Gasteiger partial charge in [-0.2, -0.15) is 0 Å². The number of piperazine rings is 1. The largest absolute Gasteiger partial charge is 0.369 e. The molecule has 3 N–H and O–H groups in total.